The second kappa shape index (κ2) is 4.26. The molecule has 0 bridgehead atoms. The van der Waals surface area contributed by atoms with E-state index >= 15 is 0 Å². The number of sulfone groups is 1. The van der Waals surface area contributed by atoms with E-state index in [9.17, 15) is 8.42 Å². The molecule has 1 heterocycles. The number of fused-ring (bicyclic) bond motifs is 1. The van der Waals surface area contributed by atoms with E-state index in [0.717, 1.165) is 16.9 Å². The number of aryl methyl sites for hydroxylation is 1. The maximum Gasteiger partial charge on any atom is 0.204 e. The first-order chi connectivity index (χ1) is 7.57. The molecule has 0 atom stereocenters. The van der Waals surface area contributed by atoms with Crippen LogP contribution >= 0.6 is 11.8 Å². The molecular weight excluding hydrogens is 240 g/mol. The van der Waals surface area contributed by atoms with Crippen LogP contribution in [-0.4, -0.2) is 19.9 Å². The third kappa shape index (κ3) is 1.80. The predicted octanol–water partition coefficient (Wildman–Crippen LogP) is 2.88. The zero-order valence-corrected chi connectivity index (χ0v) is 11.0. The van der Waals surface area contributed by atoms with Crippen LogP contribution in [0.3, 0.4) is 0 Å². The Morgan fingerprint density at radius 1 is 1.31 bits per heavy atom. The minimum absolute atomic E-state index is 0.471. The van der Waals surface area contributed by atoms with Gasteiger partial charge in [0.2, 0.25) is 9.84 Å². The van der Waals surface area contributed by atoms with Crippen LogP contribution in [0.4, 0.5) is 0 Å². The first-order valence-electron chi connectivity index (χ1n) is 5.20. The molecule has 0 amide bonds. The lowest BCUT2D eigenvalue weighted by Gasteiger charge is -2.03. The Morgan fingerprint density at radius 3 is 2.69 bits per heavy atom. The van der Waals surface area contributed by atoms with Gasteiger partial charge in [-0.15, -0.1) is 0 Å². The molecule has 1 aliphatic rings. The van der Waals surface area contributed by atoms with Gasteiger partial charge in [-0.2, -0.15) is 11.8 Å². The van der Waals surface area contributed by atoms with E-state index in [2.05, 4.69) is 0 Å². The van der Waals surface area contributed by atoms with Crippen LogP contribution < -0.4 is 0 Å². The van der Waals surface area contributed by atoms with Crippen molar-refractivity contribution >= 4 is 27.7 Å². The molecule has 0 fully saturated rings. The molecule has 16 heavy (non-hydrogen) atoms. The Balaban J connectivity index is 2.49. The van der Waals surface area contributed by atoms with E-state index in [4.69, 9.17) is 0 Å². The van der Waals surface area contributed by atoms with Crippen molar-refractivity contribution in [3.8, 4) is 0 Å². The standard InChI is InChI=1S/C12H14O2S2/c1-3-15-8-10-7-11-9(2)5-4-6-12(11)16(10,13)14/h4-7H,3,8H2,1-2H3. The second-order valence-corrected chi connectivity index (χ2v) is 6.98. The summed E-state index contributed by atoms with van der Waals surface area (Å²) in [5.41, 5.74) is 1.90. The molecule has 0 unspecified atom stereocenters. The molecule has 2 rings (SSSR count). The number of benzene rings is 1. The van der Waals surface area contributed by atoms with Gasteiger partial charge in [0.05, 0.1) is 9.80 Å². The quantitative estimate of drug-likeness (QED) is 0.831. The van der Waals surface area contributed by atoms with Crippen molar-refractivity contribution in [1.82, 2.24) is 0 Å². The fraction of sp³-hybridized carbons (Fsp3) is 0.333. The van der Waals surface area contributed by atoms with E-state index in [1.807, 2.05) is 26.0 Å². The largest absolute Gasteiger partial charge is 0.219 e. The van der Waals surface area contributed by atoms with Gasteiger partial charge in [0.15, 0.2) is 0 Å². The van der Waals surface area contributed by atoms with Gasteiger partial charge in [-0.25, -0.2) is 8.42 Å². The average Bonchev–Trinajstić information content (AvgIpc) is 2.50. The highest BCUT2D eigenvalue weighted by Crippen LogP contribution is 2.35. The van der Waals surface area contributed by atoms with Gasteiger partial charge in [0, 0.05) is 5.75 Å². The first kappa shape index (κ1) is 11.7. The second-order valence-electron chi connectivity index (χ2n) is 3.74. The van der Waals surface area contributed by atoms with E-state index in [1.54, 1.807) is 23.9 Å². The smallest absolute Gasteiger partial charge is 0.204 e. The molecule has 0 aromatic heterocycles. The summed E-state index contributed by atoms with van der Waals surface area (Å²) in [6.07, 6.45) is 1.82. The fourth-order valence-electron chi connectivity index (χ4n) is 1.77. The molecule has 1 aromatic rings. The molecule has 2 nitrogen and oxygen atoms in total. The molecule has 0 saturated heterocycles. The minimum atomic E-state index is -3.20. The van der Waals surface area contributed by atoms with E-state index in [-0.39, 0.29) is 0 Å². The Morgan fingerprint density at radius 2 is 2.06 bits per heavy atom. The summed E-state index contributed by atoms with van der Waals surface area (Å²) >= 11 is 1.64. The van der Waals surface area contributed by atoms with E-state index in [1.165, 1.54) is 0 Å². The number of thioether (sulfide) groups is 1. The van der Waals surface area contributed by atoms with Crippen LogP contribution in [0.15, 0.2) is 28.0 Å². The number of hydrogen-bond donors (Lipinski definition) is 0. The first-order valence-corrected chi connectivity index (χ1v) is 7.84. The summed E-state index contributed by atoms with van der Waals surface area (Å²) in [4.78, 5) is 1.02. The van der Waals surface area contributed by atoms with Crippen LogP contribution in [0.5, 0.6) is 0 Å². The molecule has 0 N–H and O–H groups in total. The summed E-state index contributed by atoms with van der Waals surface area (Å²) in [7, 11) is -3.20. The molecular formula is C12H14O2S2. The van der Waals surface area contributed by atoms with Gasteiger partial charge in [0.25, 0.3) is 0 Å². The molecule has 0 aliphatic carbocycles. The van der Waals surface area contributed by atoms with Crippen LogP contribution in [-0.2, 0) is 9.84 Å². The highest BCUT2D eigenvalue weighted by Gasteiger charge is 2.29. The van der Waals surface area contributed by atoms with Crippen LogP contribution in [0.2, 0.25) is 0 Å². The summed E-state index contributed by atoms with van der Waals surface area (Å²) < 4.78 is 24.3. The lowest BCUT2D eigenvalue weighted by Crippen LogP contribution is -2.02. The molecule has 0 saturated carbocycles. The minimum Gasteiger partial charge on any atom is -0.219 e. The van der Waals surface area contributed by atoms with Crippen molar-refractivity contribution < 1.29 is 8.42 Å². The van der Waals surface area contributed by atoms with E-state index < -0.39 is 9.84 Å². The molecule has 0 radical (unpaired) electrons. The van der Waals surface area contributed by atoms with Gasteiger partial charge in [-0.3, -0.25) is 0 Å². The Bertz CT molecular complexity index is 542. The Kier molecular flexibility index (Phi) is 3.13. The molecule has 86 valence electrons. The maximum absolute atomic E-state index is 12.2. The van der Waals surface area contributed by atoms with Crippen molar-refractivity contribution in [2.45, 2.75) is 18.7 Å². The summed E-state index contributed by atoms with van der Waals surface area (Å²) in [5, 5.41) is 0. The third-order valence-corrected chi connectivity index (χ3v) is 5.67. The van der Waals surface area contributed by atoms with Gasteiger partial charge in [-0.05, 0) is 35.9 Å². The third-order valence-electron chi connectivity index (χ3n) is 2.67. The lowest BCUT2D eigenvalue weighted by atomic mass is 10.1. The normalized spacial score (nSPS) is 17.0. The van der Waals surface area contributed by atoms with Gasteiger partial charge in [0.1, 0.15) is 0 Å². The molecule has 1 aliphatic heterocycles. The molecule has 1 aromatic carbocycles. The lowest BCUT2D eigenvalue weighted by molar-refractivity contribution is 0.603. The summed E-state index contributed by atoms with van der Waals surface area (Å²) in [5.74, 6) is 1.51. The van der Waals surface area contributed by atoms with Gasteiger partial charge < -0.3 is 0 Å². The highest BCUT2D eigenvalue weighted by molar-refractivity contribution is 8.02. The zero-order chi connectivity index (χ0) is 11.8. The Hall–Kier alpha value is -0.740. The molecule has 0 spiro atoms. The monoisotopic (exact) mass is 254 g/mol. The van der Waals surface area contributed by atoms with Crippen LogP contribution in [0, 0.1) is 6.92 Å². The number of rotatable bonds is 3. The van der Waals surface area contributed by atoms with Crippen molar-refractivity contribution in [3.63, 3.8) is 0 Å². The van der Waals surface area contributed by atoms with Crippen molar-refractivity contribution in [3.05, 3.63) is 34.2 Å². The fourth-order valence-corrected chi connectivity index (χ4v) is 4.46. The predicted molar refractivity (Wildman–Crippen MR) is 69.3 cm³/mol. The summed E-state index contributed by atoms with van der Waals surface area (Å²) in [6, 6.07) is 5.44. The van der Waals surface area contributed by atoms with E-state index in [0.29, 0.717) is 15.6 Å². The van der Waals surface area contributed by atoms with Crippen molar-refractivity contribution in [1.29, 1.82) is 0 Å². The summed E-state index contributed by atoms with van der Waals surface area (Å²) in [6.45, 7) is 3.98. The maximum atomic E-state index is 12.2. The van der Waals surface area contributed by atoms with Crippen molar-refractivity contribution in [2.24, 2.45) is 0 Å². The van der Waals surface area contributed by atoms with Gasteiger partial charge in [-0.1, -0.05) is 19.1 Å². The average molecular weight is 254 g/mol. The van der Waals surface area contributed by atoms with Crippen LogP contribution in [0.25, 0.3) is 6.08 Å². The van der Waals surface area contributed by atoms with Gasteiger partial charge >= 0.3 is 0 Å². The Labute approximate surface area is 101 Å². The zero-order valence-electron chi connectivity index (χ0n) is 9.36. The van der Waals surface area contributed by atoms with Crippen LogP contribution in [0.1, 0.15) is 18.1 Å². The van der Waals surface area contributed by atoms with Crippen molar-refractivity contribution in [2.75, 3.05) is 11.5 Å². The SMILES string of the molecule is CCSCC1=Cc2c(C)cccc2S1(=O)=O. The molecule has 4 heteroatoms. The topological polar surface area (TPSA) is 34.1 Å². The highest BCUT2D eigenvalue weighted by atomic mass is 32.2. The number of hydrogen-bond acceptors (Lipinski definition) is 3.